The molecule has 34 heavy (non-hydrogen) atoms. The topological polar surface area (TPSA) is 105 Å². The Morgan fingerprint density at radius 1 is 0.971 bits per heavy atom. The van der Waals surface area contributed by atoms with E-state index in [4.69, 9.17) is 0 Å². The van der Waals surface area contributed by atoms with Crippen LogP contribution in [0.2, 0.25) is 0 Å². The number of nitrogens with zero attached hydrogens (tertiary/aromatic N) is 2. The zero-order valence-electron chi connectivity index (χ0n) is 18.3. The Balaban J connectivity index is 1.46. The molecule has 2 amide bonds. The molecule has 0 spiro atoms. The van der Waals surface area contributed by atoms with E-state index >= 15 is 0 Å². The molecule has 2 N–H and O–H groups in total. The van der Waals surface area contributed by atoms with E-state index in [1.54, 1.807) is 30.3 Å². The number of anilines is 2. The fourth-order valence-electron chi connectivity index (χ4n) is 3.92. The van der Waals surface area contributed by atoms with Gasteiger partial charge in [0.1, 0.15) is 5.82 Å². The van der Waals surface area contributed by atoms with Crippen LogP contribution in [0.15, 0.2) is 66.7 Å². The van der Waals surface area contributed by atoms with Crippen LogP contribution >= 0.6 is 0 Å². The van der Waals surface area contributed by atoms with Gasteiger partial charge in [-0.1, -0.05) is 18.2 Å². The molecule has 8 nitrogen and oxygen atoms in total. The Kier molecular flexibility index (Phi) is 6.82. The number of hydrogen-bond acceptors (Lipinski definition) is 5. The summed E-state index contributed by atoms with van der Waals surface area (Å²) in [6, 6.07) is 16.6. The second-order valence-electron chi connectivity index (χ2n) is 8.00. The van der Waals surface area contributed by atoms with E-state index in [1.165, 1.54) is 30.3 Å². The van der Waals surface area contributed by atoms with Crippen molar-refractivity contribution in [2.24, 2.45) is 0 Å². The number of amides is 2. The number of benzene rings is 3. The van der Waals surface area contributed by atoms with Crippen molar-refractivity contribution >= 4 is 28.9 Å². The molecule has 0 unspecified atom stereocenters. The highest BCUT2D eigenvalue weighted by Crippen LogP contribution is 2.28. The molecule has 1 aliphatic heterocycles. The predicted octanol–water partition coefficient (Wildman–Crippen LogP) is 4.52. The molecule has 3 aromatic carbocycles. The van der Waals surface area contributed by atoms with Crippen LogP contribution in [-0.4, -0.2) is 29.8 Å². The van der Waals surface area contributed by atoms with Gasteiger partial charge in [0, 0.05) is 43.0 Å². The van der Waals surface area contributed by atoms with Crippen molar-refractivity contribution in [2.75, 3.05) is 23.3 Å². The maximum absolute atomic E-state index is 13.4. The number of carbonyl (C=O) groups is 2. The molecular formula is C25H23FN4O4. The molecule has 4 rings (SSSR count). The van der Waals surface area contributed by atoms with Gasteiger partial charge in [0.25, 0.3) is 17.5 Å². The summed E-state index contributed by atoms with van der Waals surface area (Å²) in [5.74, 6) is -1.37. The highest BCUT2D eigenvalue weighted by molar-refractivity contribution is 6.04. The molecule has 1 fully saturated rings. The van der Waals surface area contributed by atoms with Gasteiger partial charge in [0.15, 0.2) is 0 Å². The molecule has 1 saturated heterocycles. The van der Waals surface area contributed by atoms with Crippen molar-refractivity contribution in [1.82, 2.24) is 5.32 Å². The van der Waals surface area contributed by atoms with Crippen molar-refractivity contribution in [2.45, 2.75) is 19.4 Å². The van der Waals surface area contributed by atoms with E-state index in [0.717, 1.165) is 37.6 Å². The third kappa shape index (κ3) is 5.37. The highest BCUT2D eigenvalue weighted by atomic mass is 19.1. The standard InChI is InChI=1S/C25H23FN4O4/c26-19-7-4-6-18(14-19)24(31)28-20-8-3-5-17(13-20)16-27-25(32)22-15-21(30(33)34)9-10-23(22)29-11-1-2-12-29/h3-10,13-15H,1-2,11-12,16H2,(H,27,32)(H,28,31). The maximum Gasteiger partial charge on any atom is 0.270 e. The molecular weight excluding hydrogens is 439 g/mol. The van der Waals surface area contributed by atoms with Gasteiger partial charge in [-0.25, -0.2) is 4.39 Å². The quantitative estimate of drug-likeness (QED) is 0.397. The first-order chi connectivity index (χ1) is 16.4. The Morgan fingerprint density at radius 2 is 1.74 bits per heavy atom. The lowest BCUT2D eigenvalue weighted by Gasteiger charge is -2.21. The van der Waals surface area contributed by atoms with Crippen LogP contribution in [0.1, 0.15) is 39.1 Å². The molecule has 0 aliphatic carbocycles. The number of nitro groups is 1. The summed E-state index contributed by atoms with van der Waals surface area (Å²) in [4.78, 5) is 38.1. The second kappa shape index (κ2) is 10.1. The summed E-state index contributed by atoms with van der Waals surface area (Å²) in [5, 5.41) is 16.8. The van der Waals surface area contributed by atoms with Crippen LogP contribution in [0.4, 0.5) is 21.5 Å². The van der Waals surface area contributed by atoms with Gasteiger partial charge in [0.2, 0.25) is 0 Å². The van der Waals surface area contributed by atoms with E-state index in [-0.39, 0.29) is 23.4 Å². The summed E-state index contributed by atoms with van der Waals surface area (Å²) in [7, 11) is 0. The lowest BCUT2D eigenvalue weighted by atomic mass is 10.1. The normalized spacial score (nSPS) is 12.9. The van der Waals surface area contributed by atoms with Crippen LogP contribution in [0, 0.1) is 15.9 Å². The van der Waals surface area contributed by atoms with Crippen molar-refractivity contribution < 1.29 is 18.9 Å². The number of nitrogens with one attached hydrogen (secondary N) is 2. The highest BCUT2D eigenvalue weighted by Gasteiger charge is 2.22. The van der Waals surface area contributed by atoms with Gasteiger partial charge in [-0.15, -0.1) is 0 Å². The van der Waals surface area contributed by atoms with E-state index < -0.39 is 22.6 Å². The van der Waals surface area contributed by atoms with Crippen molar-refractivity contribution in [1.29, 1.82) is 0 Å². The largest absolute Gasteiger partial charge is 0.371 e. The van der Waals surface area contributed by atoms with Crippen LogP contribution in [0.3, 0.4) is 0 Å². The van der Waals surface area contributed by atoms with E-state index in [0.29, 0.717) is 11.4 Å². The van der Waals surface area contributed by atoms with Crippen LogP contribution in [0.5, 0.6) is 0 Å². The molecule has 9 heteroatoms. The third-order valence-corrected chi connectivity index (χ3v) is 5.61. The lowest BCUT2D eigenvalue weighted by Crippen LogP contribution is -2.27. The van der Waals surface area contributed by atoms with Gasteiger partial charge < -0.3 is 15.5 Å². The molecule has 0 bridgehead atoms. The monoisotopic (exact) mass is 462 g/mol. The SMILES string of the molecule is O=C(Nc1cccc(CNC(=O)c2cc([N+](=O)[O-])ccc2N2CCCC2)c1)c1cccc(F)c1. The Morgan fingerprint density at radius 3 is 2.47 bits per heavy atom. The molecule has 0 radical (unpaired) electrons. The van der Waals surface area contributed by atoms with Crippen LogP contribution in [-0.2, 0) is 6.54 Å². The number of carbonyl (C=O) groups excluding carboxylic acids is 2. The summed E-state index contributed by atoms with van der Waals surface area (Å²) in [6.07, 6.45) is 2.01. The first-order valence-electron chi connectivity index (χ1n) is 10.9. The fourth-order valence-corrected chi connectivity index (χ4v) is 3.92. The average molecular weight is 462 g/mol. The van der Waals surface area contributed by atoms with Crippen LogP contribution < -0.4 is 15.5 Å². The minimum Gasteiger partial charge on any atom is -0.371 e. The molecule has 0 aromatic heterocycles. The minimum absolute atomic E-state index is 0.143. The molecule has 0 saturated carbocycles. The smallest absolute Gasteiger partial charge is 0.270 e. The van der Waals surface area contributed by atoms with Crippen molar-refractivity contribution in [3.05, 3.63) is 99.4 Å². The van der Waals surface area contributed by atoms with Gasteiger partial charge >= 0.3 is 0 Å². The van der Waals surface area contributed by atoms with Crippen molar-refractivity contribution in [3.8, 4) is 0 Å². The molecule has 1 aliphatic rings. The van der Waals surface area contributed by atoms with E-state index in [2.05, 4.69) is 15.5 Å². The Hall–Kier alpha value is -4.27. The lowest BCUT2D eigenvalue weighted by molar-refractivity contribution is -0.384. The molecule has 3 aromatic rings. The first kappa shape index (κ1) is 22.9. The minimum atomic E-state index is -0.519. The summed E-state index contributed by atoms with van der Waals surface area (Å²) < 4.78 is 13.4. The number of rotatable bonds is 7. The van der Waals surface area contributed by atoms with Gasteiger partial charge in [-0.3, -0.25) is 19.7 Å². The van der Waals surface area contributed by atoms with Gasteiger partial charge in [-0.2, -0.15) is 0 Å². The first-order valence-corrected chi connectivity index (χ1v) is 10.9. The summed E-state index contributed by atoms with van der Waals surface area (Å²) >= 11 is 0. The third-order valence-electron chi connectivity index (χ3n) is 5.61. The molecule has 1 heterocycles. The van der Waals surface area contributed by atoms with Gasteiger partial charge in [-0.05, 0) is 54.8 Å². The number of non-ortho nitro benzene ring substituents is 1. The molecule has 174 valence electrons. The zero-order chi connectivity index (χ0) is 24.1. The number of hydrogen-bond donors (Lipinski definition) is 2. The average Bonchev–Trinajstić information content (AvgIpc) is 3.37. The number of nitro benzene ring substituents is 1. The zero-order valence-corrected chi connectivity index (χ0v) is 18.3. The molecule has 0 atom stereocenters. The van der Waals surface area contributed by atoms with E-state index in [1.807, 2.05) is 0 Å². The predicted molar refractivity (Wildman–Crippen MR) is 127 cm³/mol. The summed E-state index contributed by atoms with van der Waals surface area (Å²) in [6.45, 7) is 1.75. The van der Waals surface area contributed by atoms with Gasteiger partial charge in [0.05, 0.1) is 16.2 Å². The Labute approximate surface area is 195 Å². The Bertz CT molecular complexity index is 1240. The van der Waals surface area contributed by atoms with E-state index in [9.17, 15) is 24.1 Å². The van der Waals surface area contributed by atoms with Crippen LogP contribution in [0.25, 0.3) is 0 Å². The maximum atomic E-state index is 13.4. The number of halogens is 1. The second-order valence-corrected chi connectivity index (χ2v) is 8.00. The van der Waals surface area contributed by atoms with Crippen molar-refractivity contribution in [3.63, 3.8) is 0 Å². The fraction of sp³-hybridized carbons (Fsp3) is 0.200. The summed E-state index contributed by atoms with van der Waals surface area (Å²) in [5.41, 5.74) is 2.20.